The lowest BCUT2D eigenvalue weighted by molar-refractivity contribution is 0.366. The number of rotatable bonds is 14. The van der Waals surface area contributed by atoms with Crippen LogP contribution in [-0.4, -0.2) is 23.7 Å². The number of isocyanates is 1. The molecule has 0 heterocycles. The smallest absolute Gasteiger partial charge is 0.236 e. The first-order valence-electron chi connectivity index (χ1n) is 11.7. The van der Waals surface area contributed by atoms with Gasteiger partial charge in [-0.1, -0.05) is 98.3 Å². The van der Waals surface area contributed by atoms with Gasteiger partial charge < -0.3 is 4.57 Å². The number of hydrogen-bond donors (Lipinski definition) is 0. The van der Waals surface area contributed by atoms with E-state index in [4.69, 9.17) is 0 Å². The predicted octanol–water partition coefficient (Wildman–Crippen LogP) is 7.78. The van der Waals surface area contributed by atoms with Gasteiger partial charge in [0, 0.05) is 12.3 Å². The first-order chi connectivity index (χ1) is 13.0. The summed E-state index contributed by atoms with van der Waals surface area (Å²) in [5, 5.41) is -0.605. The maximum absolute atomic E-state index is 14.7. The molecular weight excluding hydrogens is 353 g/mol. The Morgan fingerprint density at radius 1 is 0.889 bits per heavy atom. The van der Waals surface area contributed by atoms with Gasteiger partial charge in [0.1, 0.15) is 12.4 Å². The van der Waals surface area contributed by atoms with E-state index in [0.717, 1.165) is 63.7 Å². The predicted molar refractivity (Wildman–Crippen MR) is 118 cm³/mol. The van der Waals surface area contributed by atoms with Crippen LogP contribution in [-0.2, 0) is 9.36 Å². The van der Waals surface area contributed by atoms with Gasteiger partial charge in [-0.2, -0.15) is 4.99 Å². The van der Waals surface area contributed by atoms with Crippen molar-refractivity contribution in [3.05, 3.63) is 0 Å². The molecule has 0 aromatic rings. The molecule has 0 aromatic carbocycles. The van der Waals surface area contributed by atoms with Crippen LogP contribution in [0.1, 0.15) is 111 Å². The van der Waals surface area contributed by atoms with Gasteiger partial charge in [0.25, 0.3) is 0 Å². The quantitative estimate of drug-likeness (QED) is 0.171. The zero-order valence-corrected chi connectivity index (χ0v) is 19.4. The van der Waals surface area contributed by atoms with Gasteiger partial charge >= 0.3 is 0 Å². The fraction of sp³-hybridized carbons (Fsp3) is 0.957. The molecule has 0 amide bonds. The molecule has 0 saturated heterocycles. The zero-order valence-electron chi connectivity index (χ0n) is 18.5. The summed E-state index contributed by atoms with van der Waals surface area (Å²) in [6.07, 6.45) is 17.6. The minimum Gasteiger partial charge on any atom is -0.321 e. The summed E-state index contributed by atoms with van der Waals surface area (Å²) >= 11 is 0. The molecule has 27 heavy (non-hydrogen) atoms. The highest BCUT2D eigenvalue weighted by molar-refractivity contribution is 7.65. The fourth-order valence-electron chi connectivity index (χ4n) is 4.90. The Labute approximate surface area is 168 Å². The van der Waals surface area contributed by atoms with E-state index in [1.54, 1.807) is 0 Å². The fourth-order valence-corrected chi connectivity index (χ4v) is 9.63. The van der Waals surface area contributed by atoms with Crippen molar-refractivity contribution in [1.82, 2.24) is 0 Å². The van der Waals surface area contributed by atoms with E-state index in [1.165, 1.54) is 32.1 Å². The lowest BCUT2D eigenvalue weighted by atomic mass is 9.95. The van der Waals surface area contributed by atoms with E-state index in [2.05, 4.69) is 32.7 Å². The van der Waals surface area contributed by atoms with Crippen LogP contribution in [0.15, 0.2) is 4.99 Å². The Kier molecular flexibility index (Phi) is 11.8. The Hall–Kier alpha value is -0.390. The third-order valence-electron chi connectivity index (χ3n) is 6.86. The van der Waals surface area contributed by atoms with Crippen molar-refractivity contribution in [3.63, 3.8) is 0 Å². The minimum absolute atomic E-state index is 0.500. The summed E-state index contributed by atoms with van der Waals surface area (Å²) in [6.45, 7) is 8.91. The van der Waals surface area contributed by atoms with E-state index in [9.17, 15) is 9.36 Å². The van der Waals surface area contributed by atoms with Crippen molar-refractivity contribution in [2.45, 2.75) is 116 Å². The van der Waals surface area contributed by atoms with Crippen molar-refractivity contribution in [3.8, 4) is 0 Å². The molecule has 1 saturated carbocycles. The highest BCUT2D eigenvalue weighted by Crippen LogP contribution is 2.66. The van der Waals surface area contributed by atoms with Gasteiger partial charge in [0.05, 0.1) is 0 Å². The van der Waals surface area contributed by atoms with Gasteiger partial charge in [-0.15, -0.1) is 0 Å². The molecule has 2 atom stereocenters. The molecular formula is C23H44NO2P. The topological polar surface area (TPSA) is 46.5 Å². The normalized spacial score (nSPS) is 21.0. The molecule has 4 heteroatoms. The standard InChI is InChI=1S/C23H44NO2P/c1-5-9-14-21(7-3)18-27(26,19-22(8-4)15-10-6-2)23(24-20-25)16-12-11-13-17-23/h21-22H,5-19H2,1-4H3. The monoisotopic (exact) mass is 397 g/mol. The van der Waals surface area contributed by atoms with Gasteiger partial charge in [-0.3, -0.25) is 0 Å². The molecule has 0 bridgehead atoms. The average molecular weight is 398 g/mol. The summed E-state index contributed by atoms with van der Waals surface area (Å²) in [4.78, 5) is 15.7. The Bertz CT molecular complexity index is 471. The second kappa shape index (κ2) is 12.9. The number of carbonyl (C=O) groups excluding carboxylic acids is 1. The summed E-state index contributed by atoms with van der Waals surface area (Å²) in [5.41, 5.74) is 0. The van der Waals surface area contributed by atoms with E-state index < -0.39 is 12.4 Å². The summed E-state index contributed by atoms with van der Waals surface area (Å²) in [5.74, 6) is 1.00. The molecule has 0 spiro atoms. The van der Waals surface area contributed by atoms with Gasteiger partial charge in [-0.25, -0.2) is 4.79 Å². The van der Waals surface area contributed by atoms with Crippen LogP contribution >= 0.6 is 7.14 Å². The van der Waals surface area contributed by atoms with Crippen molar-refractivity contribution >= 4 is 13.2 Å². The van der Waals surface area contributed by atoms with Crippen molar-refractivity contribution in [2.75, 3.05) is 12.3 Å². The molecule has 0 aromatic heterocycles. The second-order valence-corrected chi connectivity index (χ2v) is 12.2. The van der Waals surface area contributed by atoms with Crippen LogP contribution < -0.4 is 0 Å². The van der Waals surface area contributed by atoms with E-state index in [0.29, 0.717) is 11.8 Å². The van der Waals surface area contributed by atoms with E-state index in [1.807, 2.05) is 6.08 Å². The third kappa shape index (κ3) is 7.17. The van der Waals surface area contributed by atoms with Crippen LogP contribution in [0.4, 0.5) is 0 Å². The highest BCUT2D eigenvalue weighted by atomic mass is 31.2. The highest BCUT2D eigenvalue weighted by Gasteiger charge is 2.49. The number of hydrogen-bond acceptors (Lipinski definition) is 3. The Balaban J connectivity index is 3.18. The second-order valence-electron chi connectivity index (χ2n) is 8.83. The number of nitrogens with zero attached hydrogens (tertiary/aromatic N) is 1. The number of aliphatic imine (C=N–C) groups is 1. The molecule has 2 unspecified atom stereocenters. The van der Waals surface area contributed by atoms with Gasteiger partial charge in [0.15, 0.2) is 0 Å². The van der Waals surface area contributed by atoms with Gasteiger partial charge in [0.2, 0.25) is 6.08 Å². The first-order valence-corrected chi connectivity index (χ1v) is 13.8. The van der Waals surface area contributed by atoms with Crippen LogP contribution in [0.3, 0.4) is 0 Å². The minimum atomic E-state index is -2.60. The summed E-state index contributed by atoms with van der Waals surface area (Å²) in [6, 6.07) is 0. The van der Waals surface area contributed by atoms with Crippen molar-refractivity contribution in [1.29, 1.82) is 0 Å². The molecule has 1 aliphatic carbocycles. The van der Waals surface area contributed by atoms with Crippen molar-refractivity contribution < 1.29 is 9.36 Å². The first kappa shape index (κ1) is 24.6. The molecule has 0 N–H and O–H groups in total. The zero-order chi connectivity index (χ0) is 20.2. The molecule has 0 aliphatic heterocycles. The Morgan fingerprint density at radius 3 is 1.74 bits per heavy atom. The average Bonchev–Trinajstić information content (AvgIpc) is 2.69. The van der Waals surface area contributed by atoms with Crippen LogP contribution in [0.25, 0.3) is 0 Å². The lowest BCUT2D eigenvalue weighted by Gasteiger charge is -2.42. The molecule has 0 radical (unpaired) electrons. The maximum Gasteiger partial charge on any atom is 0.236 e. The van der Waals surface area contributed by atoms with Crippen molar-refractivity contribution in [2.24, 2.45) is 16.8 Å². The maximum atomic E-state index is 14.7. The summed E-state index contributed by atoms with van der Waals surface area (Å²) < 4.78 is 14.7. The molecule has 1 rings (SSSR count). The van der Waals surface area contributed by atoms with Crippen LogP contribution in [0, 0.1) is 11.8 Å². The van der Waals surface area contributed by atoms with Crippen LogP contribution in [0.2, 0.25) is 0 Å². The van der Waals surface area contributed by atoms with E-state index in [-0.39, 0.29) is 0 Å². The van der Waals surface area contributed by atoms with Gasteiger partial charge in [-0.05, 0) is 24.7 Å². The third-order valence-corrected chi connectivity index (χ3v) is 11.1. The van der Waals surface area contributed by atoms with E-state index >= 15 is 0 Å². The lowest BCUT2D eigenvalue weighted by Crippen LogP contribution is -2.34. The van der Waals surface area contributed by atoms with Crippen LogP contribution in [0.5, 0.6) is 0 Å². The largest absolute Gasteiger partial charge is 0.321 e. The SMILES string of the molecule is CCCCC(CC)CP(=O)(CC(CC)CCCC)C1(N=C=O)CCCCC1. The summed E-state index contributed by atoms with van der Waals surface area (Å²) in [7, 11) is -2.60. The Morgan fingerprint density at radius 2 is 1.37 bits per heavy atom. The molecule has 1 aliphatic rings. The number of unbranched alkanes of at least 4 members (excludes halogenated alkanes) is 2. The molecule has 1 fully saturated rings. The molecule has 158 valence electrons. The molecule has 3 nitrogen and oxygen atoms in total.